The highest BCUT2D eigenvalue weighted by Crippen LogP contribution is 2.27. The van der Waals surface area contributed by atoms with Gasteiger partial charge in [0.15, 0.2) is 0 Å². The first-order valence-electron chi connectivity index (χ1n) is 10.3. The summed E-state index contributed by atoms with van der Waals surface area (Å²) in [5.74, 6) is -4.51. The van der Waals surface area contributed by atoms with Crippen LogP contribution in [0, 0.1) is 5.82 Å². The van der Waals surface area contributed by atoms with E-state index in [4.69, 9.17) is 4.42 Å². The number of nitrogens with one attached hydrogen (secondary N) is 1. The predicted octanol–water partition coefficient (Wildman–Crippen LogP) is 4.48. The van der Waals surface area contributed by atoms with E-state index in [0.717, 1.165) is 6.07 Å². The number of para-hydroxylation sites is 1. The molecule has 34 heavy (non-hydrogen) atoms. The molecule has 0 atom stereocenters. The fourth-order valence-corrected chi connectivity index (χ4v) is 3.49. The van der Waals surface area contributed by atoms with Crippen LogP contribution in [0.3, 0.4) is 0 Å². The van der Waals surface area contributed by atoms with Crippen LogP contribution in [0.1, 0.15) is 17.9 Å². The first-order valence-corrected chi connectivity index (χ1v) is 10.3. The Morgan fingerprint density at radius 3 is 2.50 bits per heavy atom. The monoisotopic (exact) mass is 481 g/mol. The Morgan fingerprint density at radius 1 is 1.15 bits per heavy atom. The third kappa shape index (κ3) is 5.50. The molecule has 2 aromatic carbocycles. The molecule has 0 saturated carbocycles. The molecular weight excluding hydrogens is 461 g/mol. The van der Waals surface area contributed by atoms with E-state index < -0.39 is 30.1 Å². The number of halogens is 5. The molecule has 0 radical (unpaired) electrons. The molecular formula is C22H20F5N5O2. The maximum atomic E-state index is 14.9. The molecule has 0 bridgehead atoms. The molecule has 3 aromatic rings. The van der Waals surface area contributed by atoms with E-state index in [2.05, 4.69) is 15.5 Å². The summed E-state index contributed by atoms with van der Waals surface area (Å²) in [5, 5.41) is 9.39. The summed E-state index contributed by atoms with van der Waals surface area (Å²) >= 11 is 0. The van der Waals surface area contributed by atoms with Crippen LogP contribution in [0.4, 0.5) is 32.4 Å². The fraction of sp³-hybridized carbons (Fsp3) is 0.318. The van der Waals surface area contributed by atoms with Crippen molar-refractivity contribution >= 4 is 11.7 Å². The molecule has 2 amide bonds. The zero-order valence-electron chi connectivity index (χ0n) is 17.7. The van der Waals surface area contributed by atoms with E-state index in [-0.39, 0.29) is 49.7 Å². The number of benzene rings is 2. The van der Waals surface area contributed by atoms with Gasteiger partial charge in [-0.2, -0.15) is 8.78 Å². The largest absolute Gasteiger partial charge is 0.415 e. The average Bonchev–Trinajstić information content (AvgIpc) is 3.28. The Morgan fingerprint density at radius 2 is 1.88 bits per heavy atom. The number of hydrogen-bond donors (Lipinski definition) is 1. The molecule has 4 rings (SSSR count). The summed E-state index contributed by atoms with van der Waals surface area (Å²) in [6, 6.07) is 11.9. The summed E-state index contributed by atoms with van der Waals surface area (Å²) in [6.45, 7) is -0.430. The lowest BCUT2D eigenvalue weighted by molar-refractivity contribution is -0.129. The molecule has 1 aliphatic heterocycles. The Labute approximate surface area is 191 Å². The third-order valence-electron chi connectivity index (χ3n) is 5.18. The second-order valence-electron chi connectivity index (χ2n) is 7.77. The highest BCUT2D eigenvalue weighted by molar-refractivity contribution is 5.91. The molecule has 1 N–H and O–H groups in total. The summed E-state index contributed by atoms with van der Waals surface area (Å²) < 4.78 is 70.9. The van der Waals surface area contributed by atoms with E-state index in [0.29, 0.717) is 5.69 Å². The molecule has 1 aliphatic rings. The lowest BCUT2D eigenvalue weighted by atomic mass is 10.1. The Hall–Kier alpha value is -3.54. The first-order chi connectivity index (χ1) is 16.2. The number of carbonyl (C=O) groups is 1. The van der Waals surface area contributed by atoms with Crippen molar-refractivity contribution in [2.24, 2.45) is 0 Å². The van der Waals surface area contributed by atoms with Crippen LogP contribution in [0.2, 0.25) is 0 Å². The molecule has 180 valence electrons. The van der Waals surface area contributed by atoms with Crippen molar-refractivity contribution in [1.82, 2.24) is 20.4 Å². The van der Waals surface area contributed by atoms with Gasteiger partial charge in [-0.15, -0.1) is 10.2 Å². The zero-order chi connectivity index (χ0) is 24.3. The number of anilines is 1. The smallest absolute Gasteiger partial charge is 0.322 e. The van der Waals surface area contributed by atoms with Crippen LogP contribution in [-0.2, 0) is 6.54 Å². The average molecular weight is 481 g/mol. The lowest BCUT2D eigenvalue weighted by Crippen LogP contribution is -2.57. The lowest BCUT2D eigenvalue weighted by Gasteiger charge is -2.38. The van der Waals surface area contributed by atoms with Gasteiger partial charge in [0.05, 0.1) is 19.6 Å². The molecule has 0 unspecified atom stereocenters. The van der Waals surface area contributed by atoms with Crippen LogP contribution in [-0.4, -0.2) is 53.2 Å². The summed E-state index contributed by atoms with van der Waals surface area (Å²) in [4.78, 5) is 15.7. The van der Waals surface area contributed by atoms with Gasteiger partial charge in [-0.1, -0.05) is 24.3 Å². The minimum atomic E-state index is -2.94. The Balaban J connectivity index is 1.46. The zero-order valence-corrected chi connectivity index (χ0v) is 17.7. The second kappa shape index (κ2) is 9.75. The summed E-state index contributed by atoms with van der Waals surface area (Å²) in [5.41, 5.74) is 0.763. The van der Waals surface area contributed by atoms with Crippen LogP contribution in [0.25, 0.3) is 11.5 Å². The third-order valence-corrected chi connectivity index (χ3v) is 5.18. The molecule has 1 fully saturated rings. The van der Waals surface area contributed by atoms with Crippen molar-refractivity contribution in [1.29, 1.82) is 0 Å². The van der Waals surface area contributed by atoms with Gasteiger partial charge < -0.3 is 9.73 Å². The molecule has 1 aromatic heterocycles. The van der Waals surface area contributed by atoms with Gasteiger partial charge in [-0.25, -0.2) is 18.0 Å². The standard InChI is InChI=1S/C22H20F5N5O2/c23-17-10-14(19-29-30-20(34-19)18(24)25)6-7-15(17)11-32(16-4-2-1-3-5-16)21(33)28-8-9-31-12-22(26,27)13-31/h1-7,10,18H,8-9,11-13H2,(H,28,33). The topological polar surface area (TPSA) is 74.5 Å². The van der Waals surface area contributed by atoms with E-state index in [1.54, 1.807) is 30.3 Å². The van der Waals surface area contributed by atoms with Crippen LogP contribution >= 0.6 is 0 Å². The van der Waals surface area contributed by atoms with Gasteiger partial charge in [0.25, 0.3) is 11.8 Å². The number of aromatic nitrogens is 2. The molecule has 12 heteroatoms. The van der Waals surface area contributed by atoms with Crippen molar-refractivity contribution < 1.29 is 31.2 Å². The maximum Gasteiger partial charge on any atom is 0.322 e. The quantitative estimate of drug-likeness (QED) is 0.481. The van der Waals surface area contributed by atoms with Crippen molar-refractivity contribution in [3.8, 4) is 11.5 Å². The number of urea groups is 1. The number of rotatable bonds is 8. The number of carbonyl (C=O) groups excluding carboxylic acids is 1. The van der Waals surface area contributed by atoms with Gasteiger partial charge in [-0.05, 0) is 24.3 Å². The van der Waals surface area contributed by atoms with Gasteiger partial charge >= 0.3 is 12.5 Å². The number of alkyl halides is 4. The normalized spacial score (nSPS) is 15.2. The van der Waals surface area contributed by atoms with Gasteiger partial charge in [0.2, 0.25) is 5.89 Å². The van der Waals surface area contributed by atoms with Crippen LogP contribution in [0.5, 0.6) is 0 Å². The van der Waals surface area contributed by atoms with Gasteiger partial charge in [0, 0.05) is 29.9 Å². The second-order valence-corrected chi connectivity index (χ2v) is 7.77. The minimum Gasteiger partial charge on any atom is -0.415 e. The van der Waals surface area contributed by atoms with Crippen LogP contribution in [0.15, 0.2) is 52.9 Å². The van der Waals surface area contributed by atoms with E-state index in [9.17, 15) is 26.7 Å². The van der Waals surface area contributed by atoms with Crippen molar-refractivity contribution in [3.63, 3.8) is 0 Å². The van der Waals surface area contributed by atoms with E-state index in [1.165, 1.54) is 21.9 Å². The van der Waals surface area contributed by atoms with Gasteiger partial charge in [0.1, 0.15) is 5.82 Å². The Bertz CT molecular complexity index is 1130. The molecule has 0 spiro atoms. The maximum absolute atomic E-state index is 14.9. The first kappa shape index (κ1) is 23.6. The number of nitrogens with zero attached hydrogens (tertiary/aromatic N) is 4. The number of hydrogen-bond acceptors (Lipinski definition) is 5. The molecule has 2 heterocycles. The highest BCUT2D eigenvalue weighted by atomic mass is 19.3. The highest BCUT2D eigenvalue weighted by Gasteiger charge is 2.43. The minimum absolute atomic E-state index is 0.114. The van der Waals surface area contributed by atoms with Crippen LogP contribution < -0.4 is 10.2 Å². The number of likely N-dealkylation sites (tertiary alicyclic amines) is 1. The molecule has 1 saturated heterocycles. The predicted molar refractivity (Wildman–Crippen MR) is 112 cm³/mol. The number of amides is 2. The van der Waals surface area contributed by atoms with Crippen molar-refractivity contribution in [2.75, 3.05) is 31.1 Å². The Kier molecular flexibility index (Phi) is 6.77. The van der Waals surface area contributed by atoms with Gasteiger partial charge in [-0.3, -0.25) is 9.80 Å². The molecule has 7 nitrogen and oxygen atoms in total. The summed E-state index contributed by atoms with van der Waals surface area (Å²) in [7, 11) is 0. The SMILES string of the molecule is O=C(NCCN1CC(F)(F)C1)N(Cc1ccc(-c2nnc(C(F)F)o2)cc1F)c1ccccc1. The molecule has 0 aliphatic carbocycles. The fourth-order valence-electron chi connectivity index (χ4n) is 3.49. The van der Waals surface area contributed by atoms with Crippen molar-refractivity contribution in [3.05, 3.63) is 65.8 Å². The van der Waals surface area contributed by atoms with E-state index in [1.807, 2.05) is 0 Å². The van der Waals surface area contributed by atoms with E-state index >= 15 is 0 Å². The summed E-state index contributed by atoms with van der Waals surface area (Å²) in [6.07, 6.45) is -2.94. The van der Waals surface area contributed by atoms with Crippen molar-refractivity contribution in [2.45, 2.75) is 18.9 Å².